The van der Waals surface area contributed by atoms with E-state index in [9.17, 15) is 0 Å². The fourth-order valence-electron chi connectivity index (χ4n) is 2.78. The Labute approximate surface area is 149 Å². The Hall–Kier alpha value is -1.51. The molecule has 128 valence electrons. The lowest BCUT2D eigenvalue weighted by atomic mass is 9.87. The van der Waals surface area contributed by atoms with E-state index in [1.54, 1.807) is 0 Å². The molecule has 1 aliphatic carbocycles. The van der Waals surface area contributed by atoms with Crippen LogP contribution in [0.5, 0.6) is 5.75 Å². The molecule has 0 saturated heterocycles. The fraction of sp³-hybridized carbons (Fsp3) is 0.429. The Morgan fingerprint density at radius 1 is 1.00 bits per heavy atom. The third kappa shape index (κ3) is 4.31. The Morgan fingerprint density at radius 3 is 2.33 bits per heavy atom. The number of halogens is 1. The van der Waals surface area contributed by atoms with E-state index in [1.165, 1.54) is 11.1 Å². The summed E-state index contributed by atoms with van der Waals surface area (Å²) in [6, 6.07) is 16.4. The topological polar surface area (TPSA) is 18.5 Å². The van der Waals surface area contributed by atoms with Crippen molar-refractivity contribution < 1.29 is 9.47 Å². The van der Waals surface area contributed by atoms with E-state index in [0.717, 1.165) is 18.6 Å². The first-order chi connectivity index (χ1) is 11.4. The standard InChI is InChI=1S/C21H25ClO2/c1-21(2,3)16-9-10-20(19(22)11-16)24-18-12-17(13-18)23-14-15-7-5-4-6-8-15/h4-11,17-18H,12-14H2,1-3H3. The molecule has 2 aromatic carbocycles. The molecular formula is C21H25ClO2. The summed E-state index contributed by atoms with van der Waals surface area (Å²) >= 11 is 6.38. The van der Waals surface area contributed by atoms with Crippen LogP contribution in [-0.2, 0) is 16.8 Å². The summed E-state index contributed by atoms with van der Waals surface area (Å²) in [5.74, 6) is 0.774. The minimum absolute atomic E-state index is 0.0923. The Morgan fingerprint density at radius 2 is 1.71 bits per heavy atom. The maximum atomic E-state index is 6.38. The highest BCUT2D eigenvalue weighted by Crippen LogP contribution is 2.35. The second kappa shape index (κ2) is 7.16. The van der Waals surface area contributed by atoms with Gasteiger partial charge in [0.2, 0.25) is 0 Å². The van der Waals surface area contributed by atoms with Crippen LogP contribution in [0.25, 0.3) is 0 Å². The minimum atomic E-state index is 0.0923. The molecule has 0 N–H and O–H groups in total. The minimum Gasteiger partial charge on any atom is -0.489 e. The molecule has 0 amide bonds. The van der Waals surface area contributed by atoms with Gasteiger partial charge in [-0.1, -0.05) is 68.8 Å². The van der Waals surface area contributed by atoms with Crippen molar-refractivity contribution in [2.75, 3.05) is 0 Å². The fourth-order valence-corrected chi connectivity index (χ4v) is 3.01. The smallest absolute Gasteiger partial charge is 0.138 e. The van der Waals surface area contributed by atoms with Crippen LogP contribution in [0, 0.1) is 0 Å². The van der Waals surface area contributed by atoms with Gasteiger partial charge in [0.25, 0.3) is 0 Å². The monoisotopic (exact) mass is 344 g/mol. The first-order valence-electron chi connectivity index (χ1n) is 8.54. The Balaban J connectivity index is 1.47. The first kappa shape index (κ1) is 17.3. The first-order valence-corrected chi connectivity index (χ1v) is 8.92. The average Bonchev–Trinajstić information content (AvgIpc) is 2.50. The van der Waals surface area contributed by atoms with Crippen molar-refractivity contribution in [1.82, 2.24) is 0 Å². The molecule has 0 radical (unpaired) electrons. The molecule has 0 aromatic heterocycles. The Bertz CT molecular complexity index is 670. The summed E-state index contributed by atoms with van der Waals surface area (Å²) in [6.07, 6.45) is 2.32. The molecule has 1 saturated carbocycles. The van der Waals surface area contributed by atoms with E-state index in [1.807, 2.05) is 30.3 Å². The highest BCUT2D eigenvalue weighted by molar-refractivity contribution is 6.32. The zero-order valence-corrected chi connectivity index (χ0v) is 15.3. The predicted molar refractivity (Wildman–Crippen MR) is 98.8 cm³/mol. The summed E-state index contributed by atoms with van der Waals surface area (Å²) in [5, 5.41) is 0.691. The van der Waals surface area contributed by atoms with E-state index < -0.39 is 0 Å². The van der Waals surface area contributed by atoms with Crippen molar-refractivity contribution in [3.63, 3.8) is 0 Å². The molecule has 3 rings (SSSR count). The molecule has 0 bridgehead atoms. The van der Waals surface area contributed by atoms with Gasteiger partial charge in [-0.15, -0.1) is 0 Å². The van der Waals surface area contributed by atoms with Crippen LogP contribution in [0.1, 0.15) is 44.7 Å². The zero-order chi connectivity index (χ0) is 17.2. The molecule has 0 unspecified atom stereocenters. The van der Waals surface area contributed by atoms with Gasteiger partial charge in [-0.3, -0.25) is 0 Å². The van der Waals surface area contributed by atoms with Gasteiger partial charge in [0.15, 0.2) is 0 Å². The van der Waals surface area contributed by atoms with Gasteiger partial charge in [0.1, 0.15) is 11.9 Å². The van der Waals surface area contributed by atoms with Crippen LogP contribution >= 0.6 is 11.6 Å². The van der Waals surface area contributed by atoms with Crippen molar-refractivity contribution in [2.24, 2.45) is 0 Å². The molecule has 0 spiro atoms. The molecule has 2 nitrogen and oxygen atoms in total. The Kier molecular flexibility index (Phi) is 5.17. The molecular weight excluding hydrogens is 320 g/mol. The summed E-state index contributed by atoms with van der Waals surface area (Å²) in [5.41, 5.74) is 2.52. The van der Waals surface area contributed by atoms with E-state index in [0.29, 0.717) is 11.6 Å². The maximum absolute atomic E-state index is 6.38. The molecule has 0 atom stereocenters. The van der Waals surface area contributed by atoms with Gasteiger partial charge in [0, 0.05) is 12.8 Å². The quantitative estimate of drug-likeness (QED) is 0.686. The zero-order valence-electron chi connectivity index (χ0n) is 14.6. The molecule has 3 heteroatoms. The molecule has 0 aliphatic heterocycles. The van der Waals surface area contributed by atoms with E-state index in [-0.39, 0.29) is 17.6 Å². The average molecular weight is 345 g/mol. The highest BCUT2D eigenvalue weighted by Gasteiger charge is 2.32. The predicted octanol–water partition coefficient (Wildman–Crippen LogP) is 5.76. The second-order valence-corrected chi connectivity index (χ2v) is 7.93. The summed E-state index contributed by atoms with van der Waals surface area (Å²) in [7, 11) is 0. The van der Waals surface area contributed by atoms with Crippen LogP contribution in [0.15, 0.2) is 48.5 Å². The van der Waals surface area contributed by atoms with Crippen molar-refractivity contribution in [2.45, 2.75) is 57.8 Å². The highest BCUT2D eigenvalue weighted by atomic mass is 35.5. The maximum Gasteiger partial charge on any atom is 0.138 e. The van der Waals surface area contributed by atoms with E-state index in [2.05, 4.69) is 39.0 Å². The SMILES string of the molecule is CC(C)(C)c1ccc(OC2CC(OCc3ccccc3)C2)c(Cl)c1. The van der Waals surface area contributed by atoms with E-state index >= 15 is 0 Å². The van der Waals surface area contributed by atoms with Crippen LogP contribution < -0.4 is 4.74 Å². The number of hydrogen-bond acceptors (Lipinski definition) is 2. The van der Waals surface area contributed by atoms with Crippen molar-refractivity contribution in [3.8, 4) is 5.75 Å². The van der Waals surface area contributed by atoms with Crippen LogP contribution in [-0.4, -0.2) is 12.2 Å². The van der Waals surface area contributed by atoms with Crippen LogP contribution in [0.2, 0.25) is 5.02 Å². The van der Waals surface area contributed by atoms with Gasteiger partial charge in [-0.25, -0.2) is 0 Å². The van der Waals surface area contributed by atoms with Crippen molar-refractivity contribution in [1.29, 1.82) is 0 Å². The summed E-state index contributed by atoms with van der Waals surface area (Å²) < 4.78 is 11.9. The normalized spacial score (nSPS) is 20.5. The molecule has 24 heavy (non-hydrogen) atoms. The van der Waals surface area contributed by atoms with Gasteiger partial charge >= 0.3 is 0 Å². The summed E-state index contributed by atoms with van der Waals surface area (Å²) in [6.45, 7) is 7.21. The van der Waals surface area contributed by atoms with Crippen LogP contribution in [0.3, 0.4) is 0 Å². The van der Waals surface area contributed by atoms with Gasteiger partial charge in [0.05, 0.1) is 17.7 Å². The lowest BCUT2D eigenvalue weighted by molar-refractivity contribution is -0.0683. The molecule has 0 heterocycles. The molecule has 1 fully saturated rings. The lowest BCUT2D eigenvalue weighted by Crippen LogP contribution is -2.39. The third-order valence-corrected chi connectivity index (χ3v) is 4.77. The van der Waals surface area contributed by atoms with Crippen molar-refractivity contribution >= 4 is 11.6 Å². The second-order valence-electron chi connectivity index (χ2n) is 7.53. The summed E-state index contributed by atoms with van der Waals surface area (Å²) in [4.78, 5) is 0. The molecule has 1 aliphatic rings. The number of ether oxygens (including phenoxy) is 2. The van der Waals surface area contributed by atoms with Gasteiger partial charge in [-0.2, -0.15) is 0 Å². The third-order valence-electron chi connectivity index (χ3n) is 4.47. The largest absolute Gasteiger partial charge is 0.489 e. The number of benzene rings is 2. The number of rotatable bonds is 5. The molecule has 2 aromatic rings. The van der Waals surface area contributed by atoms with E-state index in [4.69, 9.17) is 21.1 Å². The van der Waals surface area contributed by atoms with Crippen LogP contribution in [0.4, 0.5) is 0 Å². The number of hydrogen-bond donors (Lipinski definition) is 0. The lowest BCUT2D eigenvalue weighted by Gasteiger charge is -2.35. The van der Waals surface area contributed by atoms with Gasteiger partial charge in [-0.05, 0) is 28.7 Å². The van der Waals surface area contributed by atoms with Gasteiger partial charge < -0.3 is 9.47 Å². The van der Waals surface area contributed by atoms with Crippen molar-refractivity contribution in [3.05, 3.63) is 64.7 Å².